The molecule has 0 bridgehead atoms. The molecule has 3 aromatic carbocycles. The lowest BCUT2D eigenvalue weighted by molar-refractivity contribution is -0.610. The Balaban J connectivity index is 1.81. The summed E-state index contributed by atoms with van der Waals surface area (Å²) in [5.74, 6) is 0. The minimum atomic E-state index is 1.24. The standard InChI is InChI=1S/C29H28N2/c1-19-16-20(2)29(31-18-26-12-7-6-11-25(26)17-21(31)3)22(4)28(19)30-15-14-24-10-8-9-13-27(24)23(30)5/h6-18H,1-5H3/q+2. The van der Waals surface area contributed by atoms with E-state index in [4.69, 9.17) is 0 Å². The smallest absolute Gasteiger partial charge is 0.163 e. The van der Waals surface area contributed by atoms with Gasteiger partial charge in [0.2, 0.25) is 11.4 Å². The molecule has 31 heavy (non-hydrogen) atoms. The highest BCUT2D eigenvalue weighted by Gasteiger charge is 2.27. The van der Waals surface area contributed by atoms with E-state index in [1.807, 2.05) is 0 Å². The van der Waals surface area contributed by atoms with E-state index < -0.39 is 0 Å². The second kappa shape index (κ2) is 7.31. The number of aryl methyl sites for hydroxylation is 4. The third-order valence-corrected chi connectivity index (χ3v) is 6.50. The second-order valence-corrected chi connectivity index (χ2v) is 8.60. The largest absolute Gasteiger partial charge is 0.223 e. The van der Waals surface area contributed by atoms with Gasteiger partial charge in [-0.15, -0.1) is 0 Å². The zero-order valence-corrected chi connectivity index (χ0v) is 18.9. The first-order valence-electron chi connectivity index (χ1n) is 10.9. The maximum atomic E-state index is 2.35. The van der Waals surface area contributed by atoms with Gasteiger partial charge in [0.25, 0.3) is 0 Å². The molecule has 2 aromatic heterocycles. The van der Waals surface area contributed by atoms with Crippen molar-refractivity contribution < 1.29 is 9.13 Å². The Labute approximate surface area is 184 Å². The van der Waals surface area contributed by atoms with Crippen LogP contribution >= 0.6 is 0 Å². The SMILES string of the molecule is Cc1cc(C)c(-[n+]2ccc3ccccc3c2C)c(C)c1-[n+]1cc2ccccc2cc1C. The fourth-order valence-corrected chi connectivity index (χ4v) is 5.05. The highest BCUT2D eigenvalue weighted by atomic mass is 15.0. The third-order valence-electron chi connectivity index (χ3n) is 6.50. The van der Waals surface area contributed by atoms with Gasteiger partial charge in [0.1, 0.15) is 0 Å². The number of hydrogen-bond donors (Lipinski definition) is 0. The molecule has 0 aliphatic heterocycles. The van der Waals surface area contributed by atoms with Gasteiger partial charge in [0, 0.05) is 47.9 Å². The zero-order chi connectivity index (χ0) is 21.7. The molecular weight excluding hydrogens is 376 g/mol. The molecule has 2 nitrogen and oxygen atoms in total. The number of fused-ring (bicyclic) bond motifs is 2. The van der Waals surface area contributed by atoms with Gasteiger partial charge >= 0.3 is 0 Å². The fraction of sp³-hybridized carbons (Fsp3) is 0.172. The molecule has 0 N–H and O–H groups in total. The van der Waals surface area contributed by atoms with Gasteiger partial charge in [0.05, 0.1) is 5.56 Å². The molecule has 0 fully saturated rings. The summed E-state index contributed by atoms with van der Waals surface area (Å²) in [5, 5.41) is 5.10. The minimum Gasteiger partial charge on any atom is -0.163 e. The summed E-state index contributed by atoms with van der Waals surface area (Å²) in [7, 11) is 0. The van der Waals surface area contributed by atoms with Crippen molar-refractivity contribution >= 4 is 21.5 Å². The lowest BCUT2D eigenvalue weighted by Crippen LogP contribution is -2.40. The number of rotatable bonds is 2. The first-order chi connectivity index (χ1) is 15.0. The van der Waals surface area contributed by atoms with Gasteiger partial charge in [0.15, 0.2) is 23.8 Å². The number of aromatic nitrogens is 2. The van der Waals surface area contributed by atoms with Gasteiger partial charge in [-0.2, -0.15) is 9.13 Å². The Morgan fingerprint density at radius 3 is 1.94 bits per heavy atom. The average molecular weight is 405 g/mol. The summed E-state index contributed by atoms with van der Waals surface area (Å²) in [6, 6.07) is 24.0. The Hall–Kier alpha value is -3.52. The predicted octanol–water partition coefficient (Wildman–Crippen LogP) is 6.09. The Kier molecular flexibility index (Phi) is 4.59. The fourth-order valence-electron chi connectivity index (χ4n) is 5.05. The summed E-state index contributed by atoms with van der Waals surface area (Å²) >= 11 is 0. The van der Waals surface area contributed by atoms with Crippen LogP contribution in [0.2, 0.25) is 0 Å². The van der Waals surface area contributed by atoms with E-state index in [1.54, 1.807) is 0 Å². The van der Waals surface area contributed by atoms with E-state index >= 15 is 0 Å². The van der Waals surface area contributed by atoms with Crippen molar-refractivity contribution in [3.8, 4) is 11.4 Å². The Bertz CT molecular complexity index is 1450. The molecule has 0 aliphatic carbocycles. The molecule has 0 aliphatic rings. The third kappa shape index (κ3) is 3.11. The van der Waals surface area contributed by atoms with Crippen LogP contribution in [0.5, 0.6) is 0 Å². The molecule has 0 spiro atoms. The lowest BCUT2D eigenvalue weighted by atomic mass is 9.99. The van der Waals surface area contributed by atoms with Crippen LogP contribution in [0.4, 0.5) is 0 Å². The van der Waals surface area contributed by atoms with E-state index in [-0.39, 0.29) is 0 Å². The highest BCUT2D eigenvalue weighted by molar-refractivity contribution is 5.83. The molecule has 0 saturated heterocycles. The number of hydrogen-bond acceptors (Lipinski definition) is 0. The zero-order valence-electron chi connectivity index (χ0n) is 18.9. The van der Waals surface area contributed by atoms with Gasteiger partial charge in [-0.25, -0.2) is 0 Å². The number of benzene rings is 3. The van der Waals surface area contributed by atoms with Crippen LogP contribution in [0.1, 0.15) is 28.1 Å². The van der Waals surface area contributed by atoms with Gasteiger partial charge in [-0.3, -0.25) is 0 Å². The van der Waals surface area contributed by atoms with Crippen LogP contribution in [-0.4, -0.2) is 0 Å². The Morgan fingerprint density at radius 1 is 0.581 bits per heavy atom. The van der Waals surface area contributed by atoms with Crippen LogP contribution in [0.25, 0.3) is 32.9 Å². The van der Waals surface area contributed by atoms with Crippen molar-refractivity contribution in [2.24, 2.45) is 0 Å². The van der Waals surface area contributed by atoms with E-state index in [2.05, 4.69) is 123 Å². The summed E-state index contributed by atoms with van der Waals surface area (Å²) in [6.45, 7) is 11.1. The molecule has 5 rings (SSSR count). The van der Waals surface area contributed by atoms with Crippen LogP contribution in [0.3, 0.4) is 0 Å². The monoisotopic (exact) mass is 404 g/mol. The van der Waals surface area contributed by atoms with Crippen molar-refractivity contribution in [2.45, 2.75) is 34.6 Å². The minimum absolute atomic E-state index is 1.24. The molecule has 0 radical (unpaired) electrons. The van der Waals surface area contributed by atoms with E-state index in [0.717, 1.165) is 0 Å². The molecule has 0 atom stereocenters. The van der Waals surface area contributed by atoms with Crippen molar-refractivity contribution in [1.82, 2.24) is 0 Å². The summed E-state index contributed by atoms with van der Waals surface area (Å²) in [4.78, 5) is 0. The van der Waals surface area contributed by atoms with Crippen LogP contribution in [0.15, 0.2) is 79.1 Å². The van der Waals surface area contributed by atoms with Gasteiger partial charge in [-0.1, -0.05) is 36.4 Å². The molecule has 5 aromatic rings. The molecule has 2 heteroatoms. The molecule has 0 saturated carbocycles. The van der Waals surface area contributed by atoms with Crippen LogP contribution in [-0.2, 0) is 0 Å². The quantitative estimate of drug-likeness (QED) is 0.315. The van der Waals surface area contributed by atoms with Crippen molar-refractivity contribution in [2.75, 3.05) is 0 Å². The van der Waals surface area contributed by atoms with Gasteiger partial charge in [-0.05, 0) is 49.7 Å². The summed E-state index contributed by atoms with van der Waals surface area (Å²) in [5.41, 5.74) is 8.92. The summed E-state index contributed by atoms with van der Waals surface area (Å²) < 4.78 is 4.71. The number of nitrogens with zero attached hydrogens (tertiary/aromatic N) is 2. The van der Waals surface area contributed by atoms with Crippen LogP contribution < -0.4 is 9.13 Å². The van der Waals surface area contributed by atoms with E-state index in [9.17, 15) is 0 Å². The Morgan fingerprint density at radius 2 is 1.19 bits per heavy atom. The van der Waals surface area contributed by atoms with Crippen molar-refractivity contribution in [3.63, 3.8) is 0 Å². The number of pyridine rings is 2. The predicted molar refractivity (Wildman–Crippen MR) is 128 cm³/mol. The highest BCUT2D eigenvalue weighted by Crippen LogP contribution is 2.26. The average Bonchev–Trinajstić information content (AvgIpc) is 2.75. The van der Waals surface area contributed by atoms with Crippen LogP contribution in [0, 0.1) is 34.6 Å². The molecule has 0 unspecified atom stereocenters. The molecule has 2 heterocycles. The molecular formula is C29H28N2+2. The summed E-state index contributed by atoms with van der Waals surface area (Å²) in [6.07, 6.45) is 4.49. The van der Waals surface area contributed by atoms with Gasteiger partial charge < -0.3 is 0 Å². The van der Waals surface area contributed by atoms with E-state index in [0.29, 0.717) is 0 Å². The van der Waals surface area contributed by atoms with Crippen molar-refractivity contribution in [1.29, 1.82) is 0 Å². The van der Waals surface area contributed by atoms with E-state index in [1.165, 1.54) is 61.0 Å². The maximum absolute atomic E-state index is 2.35. The molecule has 152 valence electrons. The molecule has 0 amide bonds. The first kappa shape index (κ1) is 19.4. The second-order valence-electron chi connectivity index (χ2n) is 8.60. The first-order valence-corrected chi connectivity index (χ1v) is 10.9. The van der Waals surface area contributed by atoms with Crippen molar-refractivity contribution in [3.05, 3.63) is 107 Å². The maximum Gasteiger partial charge on any atom is 0.223 e. The normalized spacial score (nSPS) is 11.4. The topological polar surface area (TPSA) is 7.76 Å². The lowest BCUT2D eigenvalue weighted by Gasteiger charge is -2.13.